The van der Waals surface area contributed by atoms with E-state index in [2.05, 4.69) is 16.9 Å². The third-order valence-corrected chi connectivity index (χ3v) is 3.24. The van der Waals surface area contributed by atoms with Crippen molar-refractivity contribution in [3.63, 3.8) is 0 Å². The van der Waals surface area contributed by atoms with Gasteiger partial charge in [0.2, 0.25) is 5.88 Å². The maximum atomic E-state index is 5.90. The molecule has 0 unspecified atom stereocenters. The zero-order valence-corrected chi connectivity index (χ0v) is 10.6. The van der Waals surface area contributed by atoms with Crippen molar-refractivity contribution < 1.29 is 4.74 Å². The first-order chi connectivity index (χ1) is 8.15. The Morgan fingerprint density at radius 2 is 2.18 bits per heavy atom. The van der Waals surface area contributed by atoms with Gasteiger partial charge in [0.25, 0.3) is 0 Å². The van der Waals surface area contributed by atoms with E-state index in [9.17, 15) is 0 Å². The topological polar surface area (TPSA) is 51.4 Å². The molecule has 1 saturated heterocycles. The Morgan fingerprint density at radius 1 is 1.47 bits per heavy atom. The van der Waals surface area contributed by atoms with Crippen molar-refractivity contribution >= 4 is 0 Å². The van der Waals surface area contributed by atoms with Crippen LogP contribution in [0, 0.1) is 0 Å². The summed E-state index contributed by atoms with van der Waals surface area (Å²) in [7, 11) is 2.14. The van der Waals surface area contributed by atoms with Crippen molar-refractivity contribution in [3.8, 4) is 5.88 Å². The minimum Gasteiger partial charge on any atom is -0.474 e. The van der Waals surface area contributed by atoms with E-state index in [1.54, 1.807) is 6.20 Å². The molecule has 4 nitrogen and oxygen atoms in total. The lowest BCUT2D eigenvalue weighted by Gasteiger charge is -2.29. The van der Waals surface area contributed by atoms with Gasteiger partial charge >= 0.3 is 0 Å². The van der Waals surface area contributed by atoms with Crippen LogP contribution in [0.1, 0.15) is 31.4 Å². The molecular formula is C13H21N3O. The molecule has 2 heterocycles. The number of likely N-dealkylation sites (tertiary alicyclic amines) is 1. The van der Waals surface area contributed by atoms with Gasteiger partial charge in [0, 0.05) is 31.4 Å². The van der Waals surface area contributed by atoms with Crippen LogP contribution in [0.5, 0.6) is 5.88 Å². The second-order valence-corrected chi connectivity index (χ2v) is 4.84. The predicted octanol–water partition coefficient (Wildman–Crippen LogP) is 1.57. The number of pyridine rings is 1. The lowest BCUT2D eigenvalue weighted by atomic mass is 10.1. The van der Waals surface area contributed by atoms with Crippen LogP contribution in [0.25, 0.3) is 0 Å². The fraction of sp³-hybridized carbons (Fsp3) is 0.615. The van der Waals surface area contributed by atoms with Gasteiger partial charge in [-0.05, 0) is 38.4 Å². The minimum absolute atomic E-state index is 0.0258. The van der Waals surface area contributed by atoms with Crippen molar-refractivity contribution in [3.05, 3.63) is 23.9 Å². The summed E-state index contributed by atoms with van der Waals surface area (Å²) >= 11 is 0. The summed E-state index contributed by atoms with van der Waals surface area (Å²) in [5.74, 6) is 0.703. The van der Waals surface area contributed by atoms with Gasteiger partial charge in [-0.2, -0.15) is 0 Å². The van der Waals surface area contributed by atoms with Crippen molar-refractivity contribution in [2.24, 2.45) is 5.73 Å². The van der Waals surface area contributed by atoms with Crippen LogP contribution in [0.2, 0.25) is 0 Å². The lowest BCUT2D eigenvalue weighted by molar-refractivity contribution is 0.110. The predicted molar refractivity (Wildman–Crippen MR) is 68.0 cm³/mol. The summed E-state index contributed by atoms with van der Waals surface area (Å²) in [5.41, 5.74) is 6.92. The molecule has 2 N–H and O–H groups in total. The SMILES string of the molecule is C[C@H](N)c1ccnc(OC2CCN(C)CC2)c1. The monoisotopic (exact) mass is 235 g/mol. The van der Waals surface area contributed by atoms with Crippen molar-refractivity contribution in [2.75, 3.05) is 20.1 Å². The second kappa shape index (κ2) is 5.47. The maximum Gasteiger partial charge on any atom is 0.213 e. The van der Waals surface area contributed by atoms with Gasteiger partial charge in [-0.3, -0.25) is 0 Å². The van der Waals surface area contributed by atoms with Crippen LogP contribution in [0.15, 0.2) is 18.3 Å². The Bertz CT molecular complexity index is 359. The highest BCUT2D eigenvalue weighted by Gasteiger charge is 2.18. The van der Waals surface area contributed by atoms with Gasteiger partial charge in [-0.15, -0.1) is 0 Å². The number of hydrogen-bond acceptors (Lipinski definition) is 4. The van der Waals surface area contributed by atoms with E-state index in [0.29, 0.717) is 12.0 Å². The lowest BCUT2D eigenvalue weighted by Crippen LogP contribution is -2.35. The van der Waals surface area contributed by atoms with Crippen LogP contribution < -0.4 is 10.5 Å². The molecular weight excluding hydrogens is 214 g/mol. The molecule has 1 aliphatic heterocycles. The molecule has 94 valence electrons. The highest BCUT2D eigenvalue weighted by molar-refractivity contribution is 5.23. The second-order valence-electron chi connectivity index (χ2n) is 4.84. The average Bonchev–Trinajstić information content (AvgIpc) is 2.32. The Morgan fingerprint density at radius 3 is 2.82 bits per heavy atom. The van der Waals surface area contributed by atoms with Crippen LogP contribution in [0.3, 0.4) is 0 Å². The molecule has 0 radical (unpaired) electrons. The minimum atomic E-state index is 0.0258. The van der Waals surface area contributed by atoms with Crippen molar-refractivity contribution in [1.29, 1.82) is 0 Å². The van der Waals surface area contributed by atoms with E-state index < -0.39 is 0 Å². The number of nitrogens with two attached hydrogens (primary N) is 1. The van der Waals surface area contributed by atoms with Gasteiger partial charge in [0.1, 0.15) is 6.10 Å². The van der Waals surface area contributed by atoms with E-state index >= 15 is 0 Å². The first-order valence-corrected chi connectivity index (χ1v) is 6.22. The molecule has 1 aliphatic rings. The standard InChI is InChI=1S/C13H21N3O/c1-10(14)11-3-6-15-13(9-11)17-12-4-7-16(2)8-5-12/h3,6,9-10,12H,4-5,7-8,14H2,1-2H3/t10-/m0/s1. The quantitative estimate of drug-likeness (QED) is 0.864. The Labute approximate surface area is 103 Å². The first kappa shape index (κ1) is 12.3. The third kappa shape index (κ3) is 3.41. The van der Waals surface area contributed by atoms with Crippen molar-refractivity contribution in [1.82, 2.24) is 9.88 Å². The summed E-state index contributed by atoms with van der Waals surface area (Å²) in [6, 6.07) is 3.91. The molecule has 4 heteroatoms. The van der Waals surface area contributed by atoms with Crippen LogP contribution in [-0.4, -0.2) is 36.1 Å². The van der Waals surface area contributed by atoms with E-state index in [0.717, 1.165) is 31.5 Å². The summed E-state index contributed by atoms with van der Waals surface area (Å²) in [5, 5.41) is 0. The molecule has 0 saturated carbocycles. The van der Waals surface area contributed by atoms with Crippen molar-refractivity contribution in [2.45, 2.75) is 31.9 Å². The van der Waals surface area contributed by atoms with Gasteiger partial charge in [-0.25, -0.2) is 4.98 Å². The number of nitrogens with zero attached hydrogens (tertiary/aromatic N) is 2. The summed E-state index contributed by atoms with van der Waals surface area (Å²) in [4.78, 5) is 6.57. The van der Waals surface area contributed by atoms with E-state index in [4.69, 9.17) is 10.5 Å². The molecule has 1 aromatic rings. The number of piperidine rings is 1. The van der Waals surface area contributed by atoms with Crippen LogP contribution >= 0.6 is 0 Å². The zero-order valence-electron chi connectivity index (χ0n) is 10.6. The fourth-order valence-corrected chi connectivity index (χ4v) is 2.05. The molecule has 1 fully saturated rings. The first-order valence-electron chi connectivity index (χ1n) is 6.22. The highest BCUT2D eigenvalue weighted by atomic mass is 16.5. The highest BCUT2D eigenvalue weighted by Crippen LogP contribution is 2.19. The third-order valence-electron chi connectivity index (χ3n) is 3.24. The molecule has 1 atom stereocenters. The van der Waals surface area contributed by atoms with Gasteiger partial charge < -0.3 is 15.4 Å². The molecule has 0 spiro atoms. The fourth-order valence-electron chi connectivity index (χ4n) is 2.05. The molecule has 1 aromatic heterocycles. The van der Waals surface area contributed by atoms with Gasteiger partial charge in [-0.1, -0.05) is 0 Å². The average molecular weight is 235 g/mol. The van der Waals surface area contributed by atoms with Gasteiger partial charge in [0.15, 0.2) is 0 Å². The van der Waals surface area contributed by atoms with Crippen LogP contribution in [0.4, 0.5) is 0 Å². The number of rotatable bonds is 3. The van der Waals surface area contributed by atoms with Crippen LogP contribution in [-0.2, 0) is 0 Å². The smallest absolute Gasteiger partial charge is 0.213 e. The summed E-state index contributed by atoms with van der Waals surface area (Å²) in [6.07, 6.45) is 4.20. The molecule has 17 heavy (non-hydrogen) atoms. The molecule has 0 aromatic carbocycles. The van der Waals surface area contributed by atoms with E-state index in [-0.39, 0.29) is 6.04 Å². The molecule has 2 rings (SSSR count). The molecule has 0 amide bonds. The summed E-state index contributed by atoms with van der Waals surface area (Å²) < 4.78 is 5.90. The zero-order chi connectivity index (χ0) is 12.3. The van der Waals surface area contributed by atoms with Gasteiger partial charge in [0.05, 0.1) is 0 Å². The normalized spacial score (nSPS) is 20.2. The Kier molecular flexibility index (Phi) is 3.97. The van der Waals surface area contributed by atoms with E-state index in [1.165, 1.54) is 0 Å². The Hall–Kier alpha value is -1.13. The number of hydrogen-bond donors (Lipinski definition) is 1. The summed E-state index contributed by atoms with van der Waals surface area (Å²) in [6.45, 7) is 4.16. The Balaban J connectivity index is 1.96. The van der Waals surface area contributed by atoms with E-state index in [1.807, 2.05) is 19.1 Å². The molecule has 0 aliphatic carbocycles. The largest absolute Gasteiger partial charge is 0.474 e. The maximum absolute atomic E-state index is 5.90. The number of ether oxygens (including phenoxy) is 1. The molecule has 0 bridgehead atoms. The number of aromatic nitrogens is 1.